The molecule has 5 rings (SSSR count). The van der Waals surface area contributed by atoms with Gasteiger partial charge in [-0.3, -0.25) is 4.79 Å². The fraction of sp³-hybridized carbons (Fsp3) is 0.115. The largest absolute Gasteiger partial charge is 0.497 e. The molecule has 164 valence electrons. The Hall–Kier alpha value is -3.84. The van der Waals surface area contributed by atoms with Crippen LogP contribution in [0.4, 0.5) is 0 Å². The topological polar surface area (TPSA) is 78.8 Å². The van der Waals surface area contributed by atoms with E-state index in [9.17, 15) is 4.79 Å². The number of para-hydroxylation sites is 1. The number of thioether (sulfide) groups is 1. The summed E-state index contributed by atoms with van der Waals surface area (Å²) in [5.41, 5.74) is 5.13. The molecular weight excluding hydrogens is 432 g/mol. The summed E-state index contributed by atoms with van der Waals surface area (Å²) in [7, 11) is 1.64. The number of nitrogens with one attached hydrogen (secondary N) is 2. The highest BCUT2D eigenvalue weighted by molar-refractivity contribution is 8.15. The van der Waals surface area contributed by atoms with Gasteiger partial charge in [0.15, 0.2) is 5.17 Å². The summed E-state index contributed by atoms with van der Waals surface area (Å²) in [6.45, 7) is 0. The van der Waals surface area contributed by atoms with Crippen LogP contribution in [0, 0.1) is 0 Å². The quantitative estimate of drug-likeness (QED) is 0.318. The minimum absolute atomic E-state index is 0.0539. The zero-order valence-corrected chi connectivity index (χ0v) is 18.8. The standard InChI is InChI=1S/C26H22N4O2S/c1-32-19-13-11-17(12-14-19)15-23-25(31)29-26(33-23)30-27-16-21-20-9-5-6-10-22(20)28-24(21)18-7-3-2-4-8-18/h2-14,16,23,28H,15H2,1H3,(H,29,30,31)/b27-16+. The summed E-state index contributed by atoms with van der Waals surface area (Å²) in [5.74, 6) is 0.743. The summed E-state index contributed by atoms with van der Waals surface area (Å²) in [5, 5.41) is 12.8. The molecule has 1 aromatic heterocycles. The molecule has 7 heteroatoms. The third-order valence-corrected chi connectivity index (χ3v) is 6.57. The Labute approximate surface area is 195 Å². The van der Waals surface area contributed by atoms with E-state index < -0.39 is 0 Å². The third kappa shape index (κ3) is 4.54. The van der Waals surface area contributed by atoms with Crippen molar-refractivity contribution in [1.82, 2.24) is 10.3 Å². The maximum absolute atomic E-state index is 12.4. The van der Waals surface area contributed by atoms with Crippen LogP contribution in [-0.2, 0) is 11.2 Å². The van der Waals surface area contributed by atoms with Gasteiger partial charge in [0.05, 0.1) is 24.3 Å². The fourth-order valence-electron chi connectivity index (χ4n) is 3.83. The Morgan fingerprint density at radius 2 is 1.76 bits per heavy atom. The van der Waals surface area contributed by atoms with Crippen LogP contribution >= 0.6 is 11.8 Å². The van der Waals surface area contributed by atoms with Gasteiger partial charge < -0.3 is 15.0 Å². The molecule has 0 radical (unpaired) electrons. The summed E-state index contributed by atoms with van der Waals surface area (Å²) < 4.78 is 5.19. The Morgan fingerprint density at radius 1 is 1.00 bits per heavy atom. The minimum atomic E-state index is -0.236. The van der Waals surface area contributed by atoms with E-state index >= 15 is 0 Å². The van der Waals surface area contributed by atoms with Crippen LogP contribution in [0.15, 0.2) is 89.1 Å². The van der Waals surface area contributed by atoms with Crippen molar-refractivity contribution < 1.29 is 9.53 Å². The summed E-state index contributed by atoms with van der Waals surface area (Å²) >= 11 is 1.40. The van der Waals surface area contributed by atoms with Crippen molar-refractivity contribution >= 4 is 40.0 Å². The van der Waals surface area contributed by atoms with Crippen LogP contribution in [0.1, 0.15) is 11.1 Å². The number of carbonyl (C=O) groups excluding carboxylic acids is 1. The molecule has 1 fully saturated rings. The minimum Gasteiger partial charge on any atom is -0.497 e. The molecular formula is C26H22N4O2S. The van der Waals surface area contributed by atoms with Gasteiger partial charge in [-0.15, -0.1) is 5.10 Å². The van der Waals surface area contributed by atoms with Crippen molar-refractivity contribution in [1.29, 1.82) is 0 Å². The summed E-state index contributed by atoms with van der Waals surface area (Å²) in [4.78, 5) is 15.9. The monoisotopic (exact) mass is 454 g/mol. The van der Waals surface area contributed by atoms with Crippen LogP contribution in [0.2, 0.25) is 0 Å². The van der Waals surface area contributed by atoms with Crippen molar-refractivity contribution in [2.45, 2.75) is 11.7 Å². The van der Waals surface area contributed by atoms with Gasteiger partial charge >= 0.3 is 0 Å². The van der Waals surface area contributed by atoms with Gasteiger partial charge in [0, 0.05) is 16.5 Å². The number of amidine groups is 1. The number of fused-ring (bicyclic) bond motifs is 1. The average molecular weight is 455 g/mol. The molecule has 1 aliphatic heterocycles. The van der Waals surface area contributed by atoms with Gasteiger partial charge in [-0.2, -0.15) is 5.10 Å². The number of methoxy groups -OCH3 is 1. The van der Waals surface area contributed by atoms with Gasteiger partial charge in [-0.05, 0) is 35.7 Å². The predicted octanol–water partition coefficient (Wildman–Crippen LogP) is 5.01. The number of ether oxygens (including phenoxy) is 1. The molecule has 0 saturated carbocycles. The number of hydrogen-bond donors (Lipinski definition) is 2. The first-order valence-electron chi connectivity index (χ1n) is 10.6. The first kappa shape index (κ1) is 21.0. The highest BCUT2D eigenvalue weighted by Gasteiger charge is 2.30. The molecule has 1 atom stereocenters. The number of aromatic amines is 1. The Morgan fingerprint density at radius 3 is 2.55 bits per heavy atom. The molecule has 0 bridgehead atoms. The smallest absolute Gasteiger partial charge is 0.239 e. The van der Waals surface area contributed by atoms with E-state index in [1.807, 2.05) is 60.7 Å². The van der Waals surface area contributed by atoms with Crippen LogP contribution in [0.5, 0.6) is 5.75 Å². The van der Waals surface area contributed by atoms with Crippen LogP contribution in [0.3, 0.4) is 0 Å². The van der Waals surface area contributed by atoms with Crippen LogP contribution in [-0.4, -0.2) is 34.6 Å². The molecule has 4 aromatic rings. The Bertz CT molecular complexity index is 1340. The maximum atomic E-state index is 12.4. The lowest BCUT2D eigenvalue weighted by atomic mass is 10.1. The number of H-pyrrole nitrogens is 1. The van der Waals surface area contributed by atoms with Crippen molar-refractivity contribution in [2.24, 2.45) is 10.2 Å². The number of amides is 1. The second-order valence-corrected chi connectivity index (χ2v) is 8.81. The van der Waals surface area contributed by atoms with E-state index in [0.717, 1.165) is 39.0 Å². The Kier molecular flexibility index (Phi) is 5.95. The first-order chi connectivity index (χ1) is 16.2. The van der Waals surface area contributed by atoms with E-state index in [2.05, 4.69) is 38.7 Å². The van der Waals surface area contributed by atoms with Gasteiger partial charge in [0.2, 0.25) is 5.91 Å². The SMILES string of the molecule is COc1ccc(CC2S/C(=N/N=C/c3c(-c4ccccc4)[nH]c4ccccc34)NC2=O)cc1. The molecule has 2 heterocycles. The molecule has 0 spiro atoms. The highest BCUT2D eigenvalue weighted by atomic mass is 32.2. The lowest BCUT2D eigenvalue weighted by molar-refractivity contribution is -0.118. The van der Waals surface area contributed by atoms with Crippen molar-refractivity contribution in [3.8, 4) is 17.0 Å². The lowest BCUT2D eigenvalue weighted by Gasteiger charge is -2.06. The fourth-order valence-corrected chi connectivity index (χ4v) is 4.80. The lowest BCUT2D eigenvalue weighted by Crippen LogP contribution is -2.25. The van der Waals surface area contributed by atoms with Gasteiger partial charge in [0.25, 0.3) is 0 Å². The van der Waals surface area contributed by atoms with Crippen molar-refractivity contribution in [3.63, 3.8) is 0 Å². The molecule has 0 aliphatic carbocycles. The van der Waals surface area contributed by atoms with Crippen LogP contribution < -0.4 is 10.1 Å². The molecule has 2 N–H and O–H groups in total. The average Bonchev–Trinajstić information content (AvgIpc) is 3.40. The number of carbonyl (C=O) groups is 1. The van der Waals surface area contributed by atoms with E-state index in [4.69, 9.17) is 4.74 Å². The number of hydrogen-bond acceptors (Lipinski definition) is 5. The second kappa shape index (κ2) is 9.34. The number of aromatic nitrogens is 1. The van der Waals surface area contributed by atoms with Crippen LogP contribution in [0.25, 0.3) is 22.2 Å². The van der Waals surface area contributed by atoms with Gasteiger partial charge in [0.1, 0.15) is 5.75 Å². The molecule has 1 aliphatic rings. The summed E-state index contributed by atoms with van der Waals surface area (Å²) in [6, 6.07) is 26.0. The van der Waals surface area contributed by atoms with Gasteiger partial charge in [-0.1, -0.05) is 72.4 Å². The van der Waals surface area contributed by atoms with E-state index in [1.165, 1.54) is 11.8 Å². The second-order valence-electron chi connectivity index (χ2n) is 7.62. The number of rotatable bonds is 6. The molecule has 33 heavy (non-hydrogen) atoms. The zero-order chi connectivity index (χ0) is 22.6. The summed E-state index contributed by atoms with van der Waals surface area (Å²) in [6.07, 6.45) is 2.36. The Balaban J connectivity index is 1.36. The zero-order valence-electron chi connectivity index (χ0n) is 18.0. The van der Waals surface area contributed by atoms with Crippen molar-refractivity contribution in [3.05, 3.63) is 90.0 Å². The molecule has 6 nitrogen and oxygen atoms in total. The van der Waals surface area contributed by atoms with E-state index in [-0.39, 0.29) is 11.2 Å². The maximum Gasteiger partial charge on any atom is 0.239 e. The highest BCUT2D eigenvalue weighted by Crippen LogP contribution is 2.29. The van der Waals surface area contributed by atoms with Gasteiger partial charge in [-0.25, -0.2) is 0 Å². The molecule has 1 unspecified atom stereocenters. The van der Waals surface area contributed by atoms with Crippen molar-refractivity contribution in [2.75, 3.05) is 7.11 Å². The third-order valence-electron chi connectivity index (χ3n) is 5.50. The molecule has 1 saturated heterocycles. The normalized spacial score (nSPS) is 17.2. The predicted molar refractivity (Wildman–Crippen MR) is 135 cm³/mol. The van der Waals surface area contributed by atoms with E-state index in [0.29, 0.717) is 11.6 Å². The number of nitrogens with zero attached hydrogens (tertiary/aromatic N) is 2. The molecule has 3 aromatic carbocycles. The van der Waals surface area contributed by atoms with E-state index in [1.54, 1.807) is 13.3 Å². The number of benzene rings is 3. The molecule has 1 amide bonds. The first-order valence-corrected chi connectivity index (χ1v) is 11.5.